The van der Waals surface area contributed by atoms with Crippen molar-refractivity contribution in [1.82, 2.24) is 0 Å². The van der Waals surface area contributed by atoms with E-state index in [4.69, 9.17) is 21.1 Å². The molecule has 4 aromatic carbocycles. The van der Waals surface area contributed by atoms with Crippen molar-refractivity contribution in [3.05, 3.63) is 77.8 Å². The Bertz CT molecular complexity index is 1130. The fourth-order valence-electron chi connectivity index (χ4n) is 2.86. The summed E-state index contributed by atoms with van der Waals surface area (Å²) >= 11 is 6.03. The van der Waals surface area contributed by atoms with Crippen LogP contribution in [0.4, 0.5) is 4.79 Å². The molecule has 26 heavy (non-hydrogen) atoms. The molecule has 0 saturated carbocycles. The van der Waals surface area contributed by atoms with Crippen LogP contribution in [0.15, 0.2) is 72.8 Å². The average molecular weight is 365 g/mol. The van der Waals surface area contributed by atoms with Crippen LogP contribution in [0, 0.1) is 0 Å². The van der Waals surface area contributed by atoms with Crippen LogP contribution in [-0.2, 0) is 0 Å². The van der Waals surface area contributed by atoms with Crippen molar-refractivity contribution in [2.75, 3.05) is 0 Å². The third-order valence-electron chi connectivity index (χ3n) is 4.07. The molecule has 4 nitrogen and oxygen atoms in total. The van der Waals surface area contributed by atoms with Gasteiger partial charge in [0, 0.05) is 22.2 Å². The van der Waals surface area contributed by atoms with Crippen LogP contribution >= 0.6 is 11.6 Å². The van der Waals surface area contributed by atoms with E-state index in [0.29, 0.717) is 16.5 Å². The van der Waals surface area contributed by atoms with Gasteiger partial charge in [-0.25, -0.2) is 4.79 Å². The molecular formula is C21H13ClO4. The van der Waals surface area contributed by atoms with E-state index in [1.165, 1.54) is 6.07 Å². The lowest BCUT2D eigenvalue weighted by molar-refractivity contribution is 0.153. The van der Waals surface area contributed by atoms with Gasteiger partial charge in [0.1, 0.15) is 17.2 Å². The minimum absolute atomic E-state index is 0.0583. The maximum atomic E-state index is 12.3. The molecule has 0 spiro atoms. The Labute approximate surface area is 154 Å². The Morgan fingerprint density at radius 1 is 0.769 bits per heavy atom. The number of rotatable bonds is 2. The van der Waals surface area contributed by atoms with E-state index in [1.807, 2.05) is 30.3 Å². The lowest BCUT2D eigenvalue weighted by atomic mass is 10.1. The first kappa shape index (κ1) is 16.2. The number of carbonyl (C=O) groups is 1. The van der Waals surface area contributed by atoms with Gasteiger partial charge in [0.2, 0.25) is 0 Å². The molecule has 4 rings (SSSR count). The van der Waals surface area contributed by atoms with Gasteiger partial charge in [0.05, 0.1) is 5.02 Å². The quantitative estimate of drug-likeness (QED) is 0.354. The number of hydrogen-bond donors (Lipinski definition) is 1. The van der Waals surface area contributed by atoms with Crippen molar-refractivity contribution in [3.8, 4) is 17.2 Å². The van der Waals surface area contributed by atoms with Gasteiger partial charge in [-0.1, -0.05) is 72.3 Å². The molecule has 0 aliphatic carbocycles. The second-order valence-electron chi connectivity index (χ2n) is 5.68. The van der Waals surface area contributed by atoms with Crippen molar-refractivity contribution in [2.24, 2.45) is 0 Å². The highest BCUT2D eigenvalue weighted by Crippen LogP contribution is 2.38. The molecule has 0 radical (unpaired) electrons. The Balaban J connectivity index is 1.67. The van der Waals surface area contributed by atoms with Crippen LogP contribution in [0.2, 0.25) is 5.02 Å². The van der Waals surface area contributed by atoms with E-state index in [2.05, 4.69) is 0 Å². The van der Waals surface area contributed by atoms with Gasteiger partial charge < -0.3 is 14.6 Å². The molecule has 4 aromatic rings. The number of phenols is 1. The summed E-state index contributed by atoms with van der Waals surface area (Å²) in [4.78, 5) is 12.3. The van der Waals surface area contributed by atoms with Gasteiger partial charge in [-0.15, -0.1) is 0 Å². The predicted molar refractivity (Wildman–Crippen MR) is 101 cm³/mol. The van der Waals surface area contributed by atoms with Crippen molar-refractivity contribution >= 4 is 39.3 Å². The van der Waals surface area contributed by atoms with E-state index in [1.54, 1.807) is 36.4 Å². The Morgan fingerprint density at radius 2 is 1.38 bits per heavy atom. The van der Waals surface area contributed by atoms with Gasteiger partial charge in [-0.3, -0.25) is 0 Å². The molecule has 0 fully saturated rings. The lowest BCUT2D eigenvalue weighted by Crippen LogP contribution is -2.14. The Morgan fingerprint density at radius 3 is 2.19 bits per heavy atom. The zero-order chi connectivity index (χ0) is 18.1. The minimum atomic E-state index is -0.881. The minimum Gasteiger partial charge on any atom is -0.506 e. The molecule has 5 heteroatoms. The molecule has 0 aliphatic heterocycles. The monoisotopic (exact) mass is 364 g/mol. The lowest BCUT2D eigenvalue weighted by Gasteiger charge is -2.11. The van der Waals surface area contributed by atoms with E-state index in [-0.39, 0.29) is 16.5 Å². The molecule has 0 bridgehead atoms. The van der Waals surface area contributed by atoms with Gasteiger partial charge in [0.25, 0.3) is 0 Å². The number of ether oxygens (including phenoxy) is 2. The highest BCUT2D eigenvalue weighted by molar-refractivity contribution is 6.33. The smallest absolute Gasteiger partial charge is 0.506 e. The fourth-order valence-corrected chi connectivity index (χ4v) is 3.06. The van der Waals surface area contributed by atoms with Crippen LogP contribution in [-0.4, -0.2) is 11.3 Å². The summed E-state index contributed by atoms with van der Waals surface area (Å²) in [5.41, 5.74) is 0. The molecule has 0 aromatic heterocycles. The predicted octanol–water partition coefficient (Wildman–Crippen LogP) is 5.93. The third kappa shape index (κ3) is 2.91. The van der Waals surface area contributed by atoms with Gasteiger partial charge in [-0.2, -0.15) is 0 Å². The highest BCUT2D eigenvalue weighted by Gasteiger charge is 2.16. The first-order valence-corrected chi connectivity index (χ1v) is 8.29. The number of halogens is 1. The van der Waals surface area contributed by atoms with Crippen LogP contribution in [0.3, 0.4) is 0 Å². The van der Waals surface area contributed by atoms with E-state index < -0.39 is 6.16 Å². The van der Waals surface area contributed by atoms with E-state index in [0.717, 1.165) is 10.8 Å². The van der Waals surface area contributed by atoms with Gasteiger partial charge in [0.15, 0.2) is 0 Å². The summed E-state index contributed by atoms with van der Waals surface area (Å²) in [5, 5.41) is 13.0. The molecule has 1 N–H and O–H groups in total. The van der Waals surface area contributed by atoms with Gasteiger partial charge >= 0.3 is 6.16 Å². The van der Waals surface area contributed by atoms with Crippen LogP contribution in [0.25, 0.3) is 21.5 Å². The maximum Gasteiger partial charge on any atom is 0.519 e. The average Bonchev–Trinajstić information content (AvgIpc) is 2.66. The number of fused-ring (bicyclic) bond motifs is 2. The van der Waals surface area contributed by atoms with Gasteiger partial charge in [-0.05, 0) is 11.5 Å². The number of carbonyl (C=O) groups excluding carboxylic acids is 1. The Hall–Kier alpha value is -3.24. The largest absolute Gasteiger partial charge is 0.519 e. The molecule has 0 heterocycles. The zero-order valence-electron chi connectivity index (χ0n) is 13.5. The van der Waals surface area contributed by atoms with Crippen molar-refractivity contribution in [2.45, 2.75) is 0 Å². The summed E-state index contributed by atoms with van der Waals surface area (Å²) in [6.07, 6.45) is -0.881. The molecule has 0 saturated heterocycles. The number of hydrogen-bond acceptors (Lipinski definition) is 4. The first-order valence-electron chi connectivity index (χ1n) is 7.91. The Kier molecular flexibility index (Phi) is 4.11. The van der Waals surface area contributed by atoms with E-state index in [9.17, 15) is 9.90 Å². The third-order valence-corrected chi connectivity index (χ3v) is 4.36. The summed E-state index contributed by atoms with van der Waals surface area (Å²) in [5.74, 6) is 0.563. The number of benzene rings is 4. The molecule has 0 unspecified atom stereocenters. The normalized spacial score (nSPS) is 10.8. The summed E-state index contributed by atoms with van der Waals surface area (Å²) in [6, 6.07) is 21.4. The second-order valence-corrected chi connectivity index (χ2v) is 6.09. The number of phenolic OH excluding ortho intramolecular Hbond substituents is 1. The van der Waals surface area contributed by atoms with Crippen molar-refractivity contribution in [1.29, 1.82) is 0 Å². The molecule has 0 aliphatic rings. The molecule has 128 valence electrons. The zero-order valence-corrected chi connectivity index (χ0v) is 14.2. The summed E-state index contributed by atoms with van der Waals surface area (Å²) in [6.45, 7) is 0. The van der Waals surface area contributed by atoms with Crippen molar-refractivity contribution in [3.63, 3.8) is 0 Å². The topological polar surface area (TPSA) is 55.8 Å². The number of aromatic hydroxyl groups is 1. The van der Waals surface area contributed by atoms with Crippen LogP contribution in [0.1, 0.15) is 0 Å². The van der Waals surface area contributed by atoms with Crippen LogP contribution < -0.4 is 9.47 Å². The molecular weight excluding hydrogens is 352 g/mol. The molecule has 0 atom stereocenters. The maximum absolute atomic E-state index is 12.3. The summed E-state index contributed by atoms with van der Waals surface area (Å²) < 4.78 is 10.7. The highest BCUT2D eigenvalue weighted by atomic mass is 35.5. The molecule has 0 amide bonds. The SMILES string of the molecule is O=C(Oc1cccc2ccccc12)Oc1cc(Cl)c(O)c2ccccc12. The fraction of sp³-hybridized carbons (Fsp3) is 0. The van der Waals surface area contributed by atoms with Crippen LogP contribution in [0.5, 0.6) is 17.2 Å². The second kappa shape index (κ2) is 6.58. The first-order chi connectivity index (χ1) is 12.6. The van der Waals surface area contributed by atoms with E-state index >= 15 is 0 Å². The summed E-state index contributed by atoms with van der Waals surface area (Å²) in [7, 11) is 0. The van der Waals surface area contributed by atoms with Crippen molar-refractivity contribution < 1.29 is 19.4 Å². The standard InChI is InChI=1S/C21H13ClO4/c22-17-12-19(15-9-3-4-10-16(15)20(17)23)26-21(24)25-18-11-5-7-13-6-1-2-8-14(13)18/h1-12,23H.